The number of halogens is 3. The molecule has 242 valence electrons. The van der Waals surface area contributed by atoms with Crippen LogP contribution in [0.15, 0.2) is 57.0 Å². The third kappa shape index (κ3) is 6.84. The van der Waals surface area contributed by atoms with Crippen LogP contribution in [0.25, 0.3) is 10.9 Å². The summed E-state index contributed by atoms with van der Waals surface area (Å²) in [5, 5.41) is 13.5. The molecule has 4 aromatic rings. The number of nitrogens with zero attached hydrogens (tertiary/aromatic N) is 4. The molecule has 0 bridgehead atoms. The van der Waals surface area contributed by atoms with Gasteiger partial charge in [-0.05, 0) is 62.1 Å². The number of nitrogens with one attached hydrogen (secondary N) is 2. The van der Waals surface area contributed by atoms with Gasteiger partial charge < -0.3 is 19.9 Å². The molecule has 6 rings (SSSR count). The molecule has 46 heavy (non-hydrogen) atoms. The molecule has 0 amide bonds. The summed E-state index contributed by atoms with van der Waals surface area (Å²) in [7, 11) is 0. The molecule has 1 aliphatic carbocycles. The second kappa shape index (κ2) is 13.3. The minimum absolute atomic E-state index is 0.0823. The number of carboxylic acids is 1. The van der Waals surface area contributed by atoms with E-state index in [1.165, 1.54) is 22.9 Å². The topological polar surface area (TPSA) is 133 Å². The number of unbranched alkanes of at least 4 members (excludes halogenated alkanes) is 1. The summed E-state index contributed by atoms with van der Waals surface area (Å²) in [5.74, 6) is -1.54. The number of rotatable bonds is 11. The smallest absolute Gasteiger partial charge is 0.341 e. The molecule has 0 spiro atoms. The molecule has 1 saturated heterocycles. The van der Waals surface area contributed by atoms with Crippen LogP contribution in [-0.2, 0) is 13.1 Å². The number of carboxylic acid groups (broad SMARTS) is 1. The normalized spacial score (nSPS) is 15.4. The lowest BCUT2D eigenvalue weighted by molar-refractivity contribution is 0.0695. The average Bonchev–Trinajstić information content (AvgIpc) is 3.87. The average molecular weight is 672 g/mol. The van der Waals surface area contributed by atoms with E-state index >= 15 is 4.39 Å². The number of benzene rings is 2. The third-order valence-electron chi connectivity index (χ3n) is 8.58. The number of piperazine rings is 1. The maximum Gasteiger partial charge on any atom is 0.341 e. The van der Waals surface area contributed by atoms with Crippen molar-refractivity contribution in [1.82, 2.24) is 19.0 Å². The zero-order chi connectivity index (χ0) is 32.5. The highest BCUT2D eigenvalue weighted by atomic mass is 35.5. The molecule has 2 aromatic carbocycles. The van der Waals surface area contributed by atoms with Crippen LogP contribution in [0, 0.1) is 5.82 Å². The molecule has 2 fully saturated rings. The number of pyridine rings is 1. The number of aromatic amines is 1. The number of fused-ring (bicyclic) bond motifs is 1. The summed E-state index contributed by atoms with van der Waals surface area (Å²) in [6.07, 6.45) is 4.56. The lowest BCUT2D eigenvalue weighted by atomic mass is 10.1. The van der Waals surface area contributed by atoms with E-state index in [0.717, 1.165) is 31.4 Å². The molecular formula is C32H33Cl2FN6O5. The Hall–Kier alpha value is -4.13. The second-order valence-electron chi connectivity index (χ2n) is 11.8. The van der Waals surface area contributed by atoms with Crippen molar-refractivity contribution < 1.29 is 14.3 Å². The van der Waals surface area contributed by atoms with E-state index in [4.69, 9.17) is 23.2 Å². The molecule has 3 heterocycles. The molecule has 2 aromatic heterocycles. The molecule has 0 radical (unpaired) electrons. The first-order chi connectivity index (χ1) is 22.1. The van der Waals surface area contributed by atoms with Crippen LogP contribution in [0.2, 0.25) is 10.0 Å². The van der Waals surface area contributed by atoms with Crippen molar-refractivity contribution in [2.24, 2.45) is 0 Å². The Morgan fingerprint density at radius 1 is 0.978 bits per heavy atom. The number of hydrogen-bond acceptors (Lipinski definition) is 7. The SMILES string of the molecule is O=C(O)c1cn(C2CC2)c2cc(N3CCN(CCCCn4c(=O)cc(NCc5ccc(Cl)c(Cl)c5)[nH]c4=O)CC3)c(F)cc2c1=O. The highest BCUT2D eigenvalue weighted by Gasteiger charge is 2.28. The Balaban J connectivity index is 1.02. The first-order valence-corrected chi connectivity index (χ1v) is 16.0. The van der Waals surface area contributed by atoms with E-state index in [1.54, 1.807) is 28.8 Å². The van der Waals surface area contributed by atoms with Gasteiger partial charge in [-0.25, -0.2) is 14.0 Å². The van der Waals surface area contributed by atoms with E-state index in [0.29, 0.717) is 66.2 Å². The maximum absolute atomic E-state index is 15.3. The third-order valence-corrected chi connectivity index (χ3v) is 9.32. The highest BCUT2D eigenvalue weighted by molar-refractivity contribution is 6.42. The first-order valence-electron chi connectivity index (χ1n) is 15.2. The fourth-order valence-corrected chi connectivity index (χ4v) is 6.22. The van der Waals surface area contributed by atoms with Crippen molar-refractivity contribution in [2.75, 3.05) is 42.9 Å². The van der Waals surface area contributed by atoms with E-state index in [9.17, 15) is 24.3 Å². The fourth-order valence-electron chi connectivity index (χ4n) is 5.90. The van der Waals surface area contributed by atoms with Gasteiger partial charge in [0, 0.05) is 63.0 Å². The zero-order valence-corrected chi connectivity index (χ0v) is 26.4. The monoisotopic (exact) mass is 670 g/mol. The summed E-state index contributed by atoms with van der Waals surface area (Å²) in [6, 6.07) is 9.51. The molecule has 14 heteroatoms. The van der Waals surface area contributed by atoms with Crippen LogP contribution in [-0.4, -0.2) is 62.8 Å². The molecule has 0 atom stereocenters. The van der Waals surface area contributed by atoms with Gasteiger partial charge in [-0.2, -0.15) is 0 Å². The van der Waals surface area contributed by atoms with Crippen LogP contribution in [0.1, 0.15) is 47.6 Å². The van der Waals surface area contributed by atoms with Crippen molar-refractivity contribution in [2.45, 2.75) is 44.8 Å². The van der Waals surface area contributed by atoms with E-state index in [1.807, 2.05) is 4.90 Å². The largest absolute Gasteiger partial charge is 0.477 e. The minimum Gasteiger partial charge on any atom is -0.477 e. The number of aromatic carboxylic acids is 1. The Kier molecular flexibility index (Phi) is 9.21. The molecular weight excluding hydrogens is 638 g/mol. The van der Waals surface area contributed by atoms with Crippen LogP contribution < -0.4 is 26.9 Å². The van der Waals surface area contributed by atoms with E-state index < -0.39 is 28.5 Å². The van der Waals surface area contributed by atoms with Crippen LogP contribution in [0.4, 0.5) is 15.9 Å². The second-order valence-corrected chi connectivity index (χ2v) is 12.6. The summed E-state index contributed by atoms with van der Waals surface area (Å²) < 4.78 is 18.3. The van der Waals surface area contributed by atoms with Crippen molar-refractivity contribution in [3.8, 4) is 0 Å². The number of H-pyrrole nitrogens is 1. The lowest BCUT2D eigenvalue weighted by Gasteiger charge is -2.36. The first kappa shape index (κ1) is 31.8. The van der Waals surface area contributed by atoms with Gasteiger partial charge in [-0.1, -0.05) is 29.3 Å². The predicted octanol–water partition coefficient (Wildman–Crippen LogP) is 4.55. The van der Waals surface area contributed by atoms with Crippen LogP contribution in [0.3, 0.4) is 0 Å². The van der Waals surface area contributed by atoms with Gasteiger partial charge in [0.25, 0.3) is 5.56 Å². The summed E-state index contributed by atoms with van der Waals surface area (Å²) >= 11 is 12.0. The molecule has 1 aliphatic heterocycles. The van der Waals surface area contributed by atoms with E-state index in [-0.39, 0.29) is 23.5 Å². The number of anilines is 2. The number of carbonyl (C=O) groups is 1. The van der Waals surface area contributed by atoms with Crippen molar-refractivity contribution in [1.29, 1.82) is 0 Å². The summed E-state index contributed by atoms with van der Waals surface area (Å²) in [5.41, 5.74) is -0.0988. The molecule has 11 nitrogen and oxygen atoms in total. The van der Waals surface area contributed by atoms with Crippen molar-refractivity contribution in [3.05, 3.63) is 101 Å². The zero-order valence-electron chi connectivity index (χ0n) is 24.9. The lowest BCUT2D eigenvalue weighted by Crippen LogP contribution is -2.47. The molecule has 2 aliphatic rings. The number of hydrogen-bond donors (Lipinski definition) is 3. The molecule has 0 unspecified atom stereocenters. The maximum atomic E-state index is 15.3. The Bertz CT molecular complexity index is 1950. The molecule has 3 N–H and O–H groups in total. The van der Waals surface area contributed by atoms with Gasteiger partial charge in [0.15, 0.2) is 0 Å². The van der Waals surface area contributed by atoms with Crippen LogP contribution in [0.5, 0.6) is 0 Å². The summed E-state index contributed by atoms with van der Waals surface area (Å²) in [6.45, 7) is 3.97. The number of aromatic nitrogens is 3. The fraction of sp³-hybridized carbons (Fsp3) is 0.375. The predicted molar refractivity (Wildman–Crippen MR) is 176 cm³/mol. The van der Waals surface area contributed by atoms with Gasteiger partial charge in [0.1, 0.15) is 17.2 Å². The van der Waals surface area contributed by atoms with Gasteiger partial charge >= 0.3 is 11.7 Å². The molecule has 1 saturated carbocycles. The highest BCUT2D eigenvalue weighted by Crippen LogP contribution is 2.38. The van der Waals surface area contributed by atoms with Crippen LogP contribution >= 0.6 is 23.2 Å². The van der Waals surface area contributed by atoms with Gasteiger partial charge in [-0.3, -0.25) is 24.0 Å². The van der Waals surface area contributed by atoms with E-state index in [2.05, 4.69) is 15.2 Å². The van der Waals surface area contributed by atoms with Gasteiger partial charge in [0.2, 0.25) is 5.43 Å². The standard InChI is InChI=1S/C32H33Cl2FN6O5/c33-23-6-3-19(13-24(23)34)17-36-28-16-29(42)40(32(46)37-28)8-2-1-7-38-9-11-39(12-10-38)27-15-26-21(14-25(27)35)30(43)22(31(44)45)18-41(26)20-4-5-20/h3,6,13-16,18,20,36H,1-2,4-5,7-12,17H2,(H,37,46)(H,44,45). The Morgan fingerprint density at radius 2 is 1.72 bits per heavy atom. The quantitative estimate of drug-likeness (QED) is 0.198. The van der Waals surface area contributed by atoms with Crippen molar-refractivity contribution >= 4 is 51.6 Å². The Labute approximate surface area is 272 Å². The Morgan fingerprint density at radius 3 is 2.39 bits per heavy atom. The van der Waals surface area contributed by atoms with Gasteiger partial charge in [0.05, 0.1) is 21.2 Å². The minimum atomic E-state index is -1.32. The summed E-state index contributed by atoms with van der Waals surface area (Å²) in [4.78, 5) is 56.6. The van der Waals surface area contributed by atoms with Crippen molar-refractivity contribution in [3.63, 3.8) is 0 Å². The van der Waals surface area contributed by atoms with Gasteiger partial charge in [-0.15, -0.1) is 0 Å².